The van der Waals surface area contributed by atoms with Gasteiger partial charge in [0, 0.05) is 46.5 Å². The van der Waals surface area contributed by atoms with Crippen molar-refractivity contribution in [3.63, 3.8) is 0 Å². The number of nitrogens with one attached hydrogen (secondary N) is 2. The number of amides is 1. The van der Waals surface area contributed by atoms with Crippen molar-refractivity contribution < 1.29 is 19.8 Å². The molecule has 1 amide bonds. The summed E-state index contributed by atoms with van der Waals surface area (Å²) in [6.45, 7) is 6.09. The maximum absolute atomic E-state index is 13.4. The van der Waals surface area contributed by atoms with E-state index in [9.17, 15) is 19.8 Å². The van der Waals surface area contributed by atoms with Crippen molar-refractivity contribution in [3.8, 4) is 11.6 Å². The second-order valence-electron chi connectivity index (χ2n) is 9.23. The average molecular weight is 522 g/mol. The Balaban J connectivity index is 1.41. The van der Waals surface area contributed by atoms with Crippen LogP contribution >= 0.6 is 0 Å². The highest BCUT2D eigenvalue weighted by molar-refractivity contribution is 6.13. The van der Waals surface area contributed by atoms with Crippen LogP contribution in [0.3, 0.4) is 0 Å². The van der Waals surface area contributed by atoms with E-state index >= 15 is 0 Å². The number of aryl methyl sites for hydroxylation is 3. The Morgan fingerprint density at radius 3 is 2.59 bits per heavy atom. The Morgan fingerprint density at radius 1 is 1.03 bits per heavy atom. The van der Waals surface area contributed by atoms with E-state index in [1.807, 2.05) is 13.8 Å². The molecule has 0 saturated carbocycles. The monoisotopic (exact) mass is 521 g/mol. The number of hydrogen-bond donors (Lipinski definition) is 4. The number of aromatic nitrogens is 3. The van der Waals surface area contributed by atoms with Gasteiger partial charge in [-0.2, -0.15) is 5.10 Å². The maximum Gasteiger partial charge on any atom is 0.273 e. The summed E-state index contributed by atoms with van der Waals surface area (Å²) in [7, 11) is 0. The van der Waals surface area contributed by atoms with Crippen LogP contribution in [0.25, 0.3) is 10.9 Å². The third-order valence-electron chi connectivity index (χ3n) is 6.43. The highest BCUT2D eigenvalue weighted by Crippen LogP contribution is 2.29. The number of fused-ring (bicyclic) bond motifs is 1. The largest absolute Gasteiger partial charge is 0.508 e. The summed E-state index contributed by atoms with van der Waals surface area (Å²) in [6.07, 6.45) is 1.49. The number of H-pyrrole nitrogens is 1. The van der Waals surface area contributed by atoms with Gasteiger partial charge in [-0.15, -0.1) is 0 Å². The van der Waals surface area contributed by atoms with Gasteiger partial charge in [-0.1, -0.05) is 18.2 Å². The van der Waals surface area contributed by atoms with E-state index in [2.05, 4.69) is 20.4 Å². The number of nitrogens with zero attached hydrogens (tertiary/aromatic N) is 3. The lowest BCUT2D eigenvalue weighted by Crippen LogP contribution is -2.17. The summed E-state index contributed by atoms with van der Waals surface area (Å²) >= 11 is 0. The first-order valence-corrected chi connectivity index (χ1v) is 12.4. The van der Waals surface area contributed by atoms with E-state index in [4.69, 9.17) is 0 Å². The summed E-state index contributed by atoms with van der Waals surface area (Å²) in [5.41, 5.74) is 4.81. The van der Waals surface area contributed by atoms with Gasteiger partial charge in [-0.05, 0) is 68.8 Å². The third kappa shape index (κ3) is 5.15. The Morgan fingerprint density at radius 2 is 1.82 bits per heavy atom. The summed E-state index contributed by atoms with van der Waals surface area (Å²) in [5.74, 6) is -0.502. The first-order chi connectivity index (χ1) is 18.7. The molecule has 9 heteroatoms. The van der Waals surface area contributed by atoms with Crippen molar-refractivity contribution in [2.24, 2.45) is 4.99 Å². The predicted octanol–water partition coefficient (Wildman–Crippen LogP) is 5.65. The van der Waals surface area contributed by atoms with Crippen LogP contribution in [0, 0.1) is 13.8 Å². The summed E-state index contributed by atoms with van der Waals surface area (Å²) in [5, 5.41) is 28.2. The molecule has 5 rings (SSSR count). The van der Waals surface area contributed by atoms with Gasteiger partial charge >= 0.3 is 0 Å². The molecule has 39 heavy (non-hydrogen) atoms. The lowest BCUT2D eigenvalue weighted by molar-refractivity contribution is 0.101. The Hall–Kier alpha value is -5.18. The first kappa shape index (κ1) is 25.5. The van der Waals surface area contributed by atoms with E-state index in [0.717, 1.165) is 11.3 Å². The van der Waals surface area contributed by atoms with E-state index in [1.165, 1.54) is 12.3 Å². The first-order valence-electron chi connectivity index (χ1n) is 12.4. The predicted molar refractivity (Wildman–Crippen MR) is 151 cm³/mol. The van der Waals surface area contributed by atoms with Gasteiger partial charge in [0.15, 0.2) is 11.7 Å². The number of phenols is 1. The molecule has 196 valence electrons. The van der Waals surface area contributed by atoms with Gasteiger partial charge in [-0.25, -0.2) is 0 Å². The smallest absolute Gasteiger partial charge is 0.273 e. The number of anilines is 1. The second-order valence-corrected chi connectivity index (χ2v) is 9.23. The zero-order valence-corrected chi connectivity index (χ0v) is 21.7. The van der Waals surface area contributed by atoms with E-state index in [1.54, 1.807) is 72.3 Å². The second kappa shape index (κ2) is 10.3. The van der Waals surface area contributed by atoms with E-state index in [0.29, 0.717) is 51.2 Å². The van der Waals surface area contributed by atoms with Crippen molar-refractivity contribution in [1.82, 2.24) is 14.8 Å². The van der Waals surface area contributed by atoms with E-state index < -0.39 is 0 Å². The molecule has 0 spiro atoms. The number of ketones is 1. The van der Waals surface area contributed by atoms with Gasteiger partial charge in [-0.3, -0.25) is 19.3 Å². The van der Waals surface area contributed by atoms with Crippen molar-refractivity contribution in [2.45, 2.75) is 27.3 Å². The molecule has 9 nitrogen and oxygen atoms in total. The molecule has 0 aliphatic carbocycles. The topological polar surface area (TPSA) is 133 Å². The number of aliphatic imine (C=N–C) groups is 1. The molecule has 0 fully saturated rings. The molecule has 5 aromatic rings. The van der Waals surface area contributed by atoms with Crippen LogP contribution in [0.5, 0.6) is 11.6 Å². The Kier molecular flexibility index (Phi) is 6.72. The fraction of sp³-hybridized carbons (Fsp3) is 0.133. The van der Waals surface area contributed by atoms with Crippen LogP contribution in [-0.4, -0.2) is 42.9 Å². The minimum Gasteiger partial charge on any atom is -0.508 e. The molecule has 3 aromatic carbocycles. The fourth-order valence-corrected chi connectivity index (χ4v) is 4.36. The molecule has 0 aliphatic heterocycles. The molecule has 0 atom stereocenters. The maximum atomic E-state index is 13.4. The molecule has 0 aliphatic rings. The molecule has 2 aromatic heterocycles. The SMILES string of the molecule is CCn1nc(C)cc1C(=O)Nc1cccc(C(=O)c2ccc3[nH]c(O)c(C=Nc4ccc(C)c(O)c4)c3c2)c1. The van der Waals surface area contributed by atoms with Crippen LogP contribution in [-0.2, 0) is 6.54 Å². The normalized spacial score (nSPS) is 11.4. The molecule has 0 saturated heterocycles. The van der Waals surface area contributed by atoms with Gasteiger partial charge in [0.2, 0.25) is 0 Å². The number of aromatic hydroxyl groups is 2. The van der Waals surface area contributed by atoms with Crippen LogP contribution < -0.4 is 5.32 Å². The molecular weight excluding hydrogens is 494 g/mol. The molecule has 0 bridgehead atoms. The standard InChI is InChI=1S/C30H27N5O4/c1-4-35-26(12-18(3)34-35)30(39)32-22-7-5-6-19(13-22)28(37)20-9-11-25-23(14-20)24(29(38)33-25)16-31-21-10-8-17(2)27(36)15-21/h5-16,33,36,38H,4H2,1-3H3,(H,32,39). The Labute approximate surface area is 224 Å². The van der Waals surface area contributed by atoms with Crippen molar-refractivity contribution >= 4 is 40.2 Å². The number of rotatable bonds is 7. The van der Waals surface area contributed by atoms with Gasteiger partial charge in [0.1, 0.15) is 11.4 Å². The van der Waals surface area contributed by atoms with Gasteiger partial charge in [0.25, 0.3) is 5.91 Å². The zero-order chi connectivity index (χ0) is 27.7. The highest BCUT2D eigenvalue weighted by Gasteiger charge is 2.17. The van der Waals surface area contributed by atoms with Gasteiger partial charge < -0.3 is 20.5 Å². The Bertz CT molecular complexity index is 1760. The van der Waals surface area contributed by atoms with Crippen molar-refractivity contribution in [2.75, 3.05) is 5.32 Å². The summed E-state index contributed by atoms with van der Waals surface area (Å²) in [6, 6.07) is 18.6. The average Bonchev–Trinajstić information content (AvgIpc) is 3.47. The minimum absolute atomic E-state index is 0.0825. The molecule has 0 unspecified atom stereocenters. The van der Waals surface area contributed by atoms with Crippen LogP contribution in [0.1, 0.15) is 50.2 Å². The third-order valence-corrected chi connectivity index (χ3v) is 6.43. The number of benzene rings is 3. The number of hydrogen-bond acceptors (Lipinski definition) is 6. The minimum atomic E-state index is -0.308. The van der Waals surface area contributed by atoms with Crippen LogP contribution in [0.2, 0.25) is 0 Å². The van der Waals surface area contributed by atoms with E-state index in [-0.39, 0.29) is 23.3 Å². The lowest BCUT2D eigenvalue weighted by Gasteiger charge is -2.08. The molecular formula is C30H27N5O4. The number of carbonyl (C=O) groups excluding carboxylic acids is 2. The quantitative estimate of drug-likeness (QED) is 0.162. The van der Waals surface area contributed by atoms with Crippen LogP contribution in [0.15, 0.2) is 71.7 Å². The number of phenolic OH excluding ortho intramolecular Hbond substituents is 1. The fourth-order valence-electron chi connectivity index (χ4n) is 4.36. The van der Waals surface area contributed by atoms with Crippen molar-refractivity contribution in [3.05, 3.63) is 100 Å². The van der Waals surface area contributed by atoms with Gasteiger partial charge in [0.05, 0.1) is 16.9 Å². The summed E-state index contributed by atoms with van der Waals surface area (Å²) < 4.78 is 1.63. The number of aromatic amines is 1. The zero-order valence-electron chi connectivity index (χ0n) is 21.7. The molecule has 4 N–H and O–H groups in total. The van der Waals surface area contributed by atoms with Crippen molar-refractivity contribution in [1.29, 1.82) is 0 Å². The lowest BCUT2D eigenvalue weighted by atomic mass is 10.0. The number of carbonyl (C=O) groups is 2. The molecule has 2 heterocycles. The van der Waals surface area contributed by atoms with Crippen LogP contribution in [0.4, 0.5) is 11.4 Å². The highest BCUT2D eigenvalue weighted by atomic mass is 16.3. The summed E-state index contributed by atoms with van der Waals surface area (Å²) in [4.78, 5) is 33.5. The molecule has 0 radical (unpaired) electrons.